The fraction of sp³-hybridized carbons (Fsp3) is 0.562. The highest BCUT2D eigenvalue weighted by atomic mass is 16.5. The Hall–Kier alpha value is -1.55. The molecule has 1 N–H and O–H groups in total. The number of anilines is 1. The maximum Gasteiger partial charge on any atom is 0.211 e. The van der Waals surface area contributed by atoms with Crippen molar-refractivity contribution in [3.05, 3.63) is 23.8 Å². The van der Waals surface area contributed by atoms with E-state index in [9.17, 15) is 4.79 Å². The standard InChI is InChI=1S/C16H24N2O2/c1-12(2)20-16-10-14(4-5-15(16)17-11-19)13-6-8-18(3)9-7-13/h4-5,10-13H,6-9H2,1-3H3,(H,17,19). The highest BCUT2D eigenvalue weighted by molar-refractivity contribution is 5.75. The van der Waals surface area contributed by atoms with Gasteiger partial charge >= 0.3 is 0 Å². The number of ether oxygens (including phenoxy) is 1. The summed E-state index contributed by atoms with van der Waals surface area (Å²) in [5, 5.41) is 2.70. The molecule has 110 valence electrons. The number of piperidine rings is 1. The molecule has 0 bridgehead atoms. The minimum Gasteiger partial charge on any atom is -0.489 e. The van der Waals surface area contributed by atoms with Crippen LogP contribution in [0.3, 0.4) is 0 Å². The van der Waals surface area contributed by atoms with Crippen LogP contribution in [0.2, 0.25) is 0 Å². The first-order valence-corrected chi connectivity index (χ1v) is 7.29. The Morgan fingerprint density at radius 3 is 2.65 bits per heavy atom. The van der Waals surface area contributed by atoms with Crippen molar-refractivity contribution in [1.29, 1.82) is 0 Å². The Morgan fingerprint density at radius 2 is 2.05 bits per heavy atom. The second-order valence-electron chi connectivity index (χ2n) is 5.76. The van der Waals surface area contributed by atoms with Crippen LogP contribution in [0, 0.1) is 0 Å². The largest absolute Gasteiger partial charge is 0.489 e. The summed E-state index contributed by atoms with van der Waals surface area (Å²) in [6.07, 6.45) is 3.14. The maximum atomic E-state index is 10.7. The van der Waals surface area contributed by atoms with Gasteiger partial charge in [0.1, 0.15) is 5.75 Å². The molecule has 1 fully saturated rings. The maximum absolute atomic E-state index is 10.7. The summed E-state index contributed by atoms with van der Waals surface area (Å²) in [5.41, 5.74) is 2.05. The zero-order valence-corrected chi connectivity index (χ0v) is 12.6. The van der Waals surface area contributed by atoms with Gasteiger partial charge in [0, 0.05) is 0 Å². The normalized spacial score (nSPS) is 17.2. The molecule has 0 saturated carbocycles. The molecule has 0 atom stereocenters. The molecule has 1 aliphatic heterocycles. The van der Waals surface area contributed by atoms with Gasteiger partial charge in [-0.2, -0.15) is 0 Å². The third kappa shape index (κ3) is 3.73. The van der Waals surface area contributed by atoms with Crippen LogP contribution in [0.5, 0.6) is 5.75 Å². The monoisotopic (exact) mass is 276 g/mol. The summed E-state index contributed by atoms with van der Waals surface area (Å²) in [4.78, 5) is 13.0. The number of nitrogens with one attached hydrogen (secondary N) is 1. The summed E-state index contributed by atoms with van der Waals surface area (Å²) in [7, 11) is 2.17. The van der Waals surface area contributed by atoms with Crippen molar-refractivity contribution < 1.29 is 9.53 Å². The van der Waals surface area contributed by atoms with E-state index in [1.807, 2.05) is 19.9 Å². The van der Waals surface area contributed by atoms with Crippen molar-refractivity contribution in [2.75, 3.05) is 25.5 Å². The van der Waals surface area contributed by atoms with E-state index in [-0.39, 0.29) is 6.10 Å². The van der Waals surface area contributed by atoms with Crippen LogP contribution in [0.4, 0.5) is 5.69 Å². The zero-order valence-electron chi connectivity index (χ0n) is 12.6. The second-order valence-corrected chi connectivity index (χ2v) is 5.76. The molecule has 2 rings (SSSR count). The lowest BCUT2D eigenvalue weighted by molar-refractivity contribution is -0.105. The van der Waals surface area contributed by atoms with Gasteiger partial charge in [0.05, 0.1) is 11.8 Å². The Morgan fingerprint density at radius 1 is 1.35 bits per heavy atom. The zero-order chi connectivity index (χ0) is 14.5. The molecule has 1 amide bonds. The molecule has 1 heterocycles. The fourth-order valence-corrected chi connectivity index (χ4v) is 2.67. The summed E-state index contributed by atoms with van der Waals surface area (Å²) in [5.74, 6) is 1.36. The van der Waals surface area contributed by atoms with E-state index >= 15 is 0 Å². The molecule has 1 aromatic carbocycles. The predicted octanol–water partition coefficient (Wildman–Crippen LogP) is 2.85. The highest BCUT2D eigenvalue weighted by Crippen LogP contribution is 2.34. The van der Waals surface area contributed by atoms with Gasteiger partial charge in [-0.1, -0.05) is 6.07 Å². The van der Waals surface area contributed by atoms with Crippen molar-refractivity contribution in [1.82, 2.24) is 4.90 Å². The van der Waals surface area contributed by atoms with Gasteiger partial charge < -0.3 is 15.0 Å². The van der Waals surface area contributed by atoms with E-state index in [1.165, 1.54) is 18.4 Å². The predicted molar refractivity (Wildman–Crippen MR) is 81.4 cm³/mol. The minimum atomic E-state index is 0.0925. The van der Waals surface area contributed by atoms with Crippen LogP contribution in [0.25, 0.3) is 0 Å². The summed E-state index contributed by atoms with van der Waals surface area (Å²) in [6, 6.07) is 6.14. The third-order valence-corrected chi connectivity index (χ3v) is 3.77. The van der Waals surface area contributed by atoms with Crippen molar-refractivity contribution >= 4 is 12.1 Å². The van der Waals surface area contributed by atoms with Gasteiger partial charge in [0.25, 0.3) is 0 Å². The average molecular weight is 276 g/mol. The summed E-state index contributed by atoms with van der Waals surface area (Å²) < 4.78 is 5.82. The Labute approximate surface area is 121 Å². The van der Waals surface area contributed by atoms with E-state index in [4.69, 9.17) is 4.74 Å². The van der Waals surface area contributed by atoms with Crippen LogP contribution >= 0.6 is 0 Å². The van der Waals surface area contributed by atoms with E-state index in [0.29, 0.717) is 12.3 Å². The van der Waals surface area contributed by atoms with E-state index in [2.05, 4.69) is 29.4 Å². The molecular formula is C16H24N2O2. The molecule has 1 saturated heterocycles. The van der Waals surface area contributed by atoms with Crippen molar-refractivity contribution in [3.63, 3.8) is 0 Å². The first kappa shape index (κ1) is 14.9. The molecule has 4 heteroatoms. The van der Waals surface area contributed by atoms with E-state index in [1.54, 1.807) is 0 Å². The fourth-order valence-electron chi connectivity index (χ4n) is 2.67. The Bertz CT molecular complexity index is 452. The van der Waals surface area contributed by atoms with Crippen molar-refractivity contribution in [2.45, 2.75) is 38.7 Å². The molecule has 0 radical (unpaired) electrons. The second kappa shape index (κ2) is 6.75. The van der Waals surface area contributed by atoms with Crippen molar-refractivity contribution in [3.8, 4) is 5.75 Å². The quantitative estimate of drug-likeness (QED) is 0.841. The van der Waals surface area contributed by atoms with Crippen LogP contribution < -0.4 is 10.1 Å². The molecule has 0 aromatic heterocycles. The number of nitrogens with zero attached hydrogens (tertiary/aromatic N) is 1. The van der Waals surface area contributed by atoms with Gasteiger partial charge in [-0.3, -0.25) is 4.79 Å². The number of benzene rings is 1. The molecule has 0 unspecified atom stereocenters. The number of hydrogen-bond acceptors (Lipinski definition) is 3. The molecule has 0 aliphatic carbocycles. The molecule has 1 aliphatic rings. The third-order valence-electron chi connectivity index (χ3n) is 3.77. The molecule has 1 aromatic rings. The van der Waals surface area contributed by atoms with Crippen molar-refractivity contribution in [2.24, 2.45) is 0 Å². The lowest BCUT2D eigenvalue weighted by Gasteiger charge is -2.29. The summed E-state index contributed by atoms with van der Waals surface area (Å²) >= 11 is 0. The van der Waals surface area contributed by atoms with Gasteiger partial charge in [-0.15, -0.1) is 0 Å². The van der Waals surface area contributed by atoms with E-state index in [0.717, 1.165) is 24.5 Å². The lowest BCUT2D eigenvalue weighted by Crippen LogP contribution is -2.29. The smallest absolute Gasteiger partial charge is 0.211 e. The van der Waals surface area contributed by atoms with Crippen LogP contribution in [0.15, 0.2) is 18.2 Å². The number of carbonyl (C=O) groups is 1. The first-order chi connectivity index (χ1) is 9.60. The number of hydrogen-bond donors (Lipinski definition) is 1. The number of amides is 1. The van der Waals surface area contributed by atoms with Gasteiger partial charge in [-0.25, -0.2) is 0 Å². The molecule has 0 spiro atoms. The highest BCUT2D eigenvalue weighted by Gasteiger charge is 2.19. The van der Waals surface area contributed by atoms with Gasteiger partial charge in [0.15, 0.2) is 0 Å². The van der Waals surface area contributed by atoms with Crippen LogP contribution in [-0.2, 0) is 4.79 Å². The van der Waals surface area contributed by atoms with E-state index < -0.39 is 0 Å². The van der Waals surface area contributed by atoms with Crippen LogP contribution in [-0.4, -0.2) is 37.6 Å². The lowest BCUT2D eigenvalue weighted by atomic mass is 9.89. The number of likely N-dealkylation sites (tertiary alicyclic amines) is 1. The van der Waals surface area contributed by atoms with Crippen LogP contribution in [0.1, 0.15) is 38.2 Å². The number of rotatable bonds is 5. The summed E-state index contributed by atoms with van der Waals surface area (Å²) in [6.45, 7) is 6.26. The Kier molecular flexibility index (Phi) is 5.01. The Balaban J connectivity index is 2.19. The average Bonchev–Trinajstić information content (AvgIpc) is 2.41. The van der Waals surface area contributed by atoms with Gasteiger partial charge in [0.2, 0.25) is 6.41 Å². The molecule has 4 nitrogen and oxygen atoms in total. The SMILES string of the molecule is CC(C)Oc1cc(C2CCN(C)CC2)ccc1NC=O. The molecular weight excluding hydrogens is 252 g/mol. The first-order valence-electron chi connectivity index (χ1n) is 7.29. The number of carbonyl (C=O) groups excluding carboxylic acids is 1. The minimum absolute atomic E-state index is 0.0925. The molecule has 20 heavy (non-hydrogen) atoms. The van der Waals surface area contributed by atoms with Gasteiger partial charge in [-0.05, 0) is 70.4 Å². The topological polar surface area (TPSA) is 41.6 Å².